The average Bonchev–Trinajstić information content (AvgIpc) is 3.10. The van der Waals surface area contributed by atoms with E-state index >= 15 is 0 Å². The van der Waals surface area contributed by atoms with Gasteiger partial charge >= 0.3 is 6.18 Å². The van der Waals surface area contributed by atoms with E-state index in [1.165, 1.54) is 11.0 Å². The highest BCUT2D eigenvalue weighted by Gasteiger charge is 2.32. The van der Waals surface area contributed by atoms with Gasteiger partial charge < -0.3 is 10.1 Å². The number of ether oxygens (including phenoxy) is 1. The fraction of sp³-hybridized carbons (Fsp3) is 0.381. The molecule has 0 saturated heterocycles. The Morgan fingerprint density at radius 2 is 1.83 bits per heavy atom. The first-order valence-corrected chi connectivity index (χ1v) is 10.1. The van der Waals surface area contributed by atoms with Gasteiger partial charge in [-0.2, -0.15) is 13.2 Å². The van der Waals surface area contributed by atoms with Gasteiger partial charge in [0.05, 0.1) is 17.0 Å². The minimum absolute atomic E-state index is 0.00871. The number of hydrogen-bond donors (Lipinski definition) is 1. The van der Waals surface area contributed by atoms with Gasteiger partial charge in [-0.3, -0.25) is 0 Å². The molecule has 1 N–H and O–H groups in total. The number of alkyl halides is 3. The Kier molecular flexibility index (Phi) is 6.43. The molecule has 29 heavy (non-hydrogen) atoms. The highest BCUT2D eigenvalue weighted by atomic mass is 32.2. The van der Waals surface area contributed by atoms with Crippen molar-refractivity contribution in [1.82, 2.24) is 14.6 Å². The minimum atomic E-state index is -4.40. The maximum Gasteiger partial charge on any atom is 0.417 e. The summed E-state index contributed by atoms with van der Waals surface area (Å²) in [6, 6.07) is 12.4. The number of hydrogen-bond acceptors (Lipinski definition) is 5. The van der Waals surface area contributed by atoms with Gasteiger partial charge in [0.2, 0.25) is 5.88 Å². The lowest BCUT2D eigenvalue weighted by molar-refractivity contribution is -0.137. The van der Waals surface area contributed by atoms with Crippen LogP contribution in [0.15, 0.2) is 54.4 Å². The van der Waals surface area contributed by atoms with Crippen molar-refractivity contribution in [2.45, 2.75) is 32.5 Å². The molecule has 0 unspecified atom stereocenters. The van der Waals surface area contributed by atoms with E-state index in [4.69, 9.17) is 4.74 Å². The molecule has 0 fully saturated rings. The topological polar surface area (TPSA) is 37.4 Å². The molecule has 0 amide bonds. The molecule has 156 valence electrons. The minimum Gasteiger partial charge on any atom is -0.476 e. The van der Waals surface area contributed by atoms with Gasteiger partial charge in [0.25, 0.3) is 0 Å². The summed E-state index contributed by atoms with van der Waals surface area (Å²) < 4.78 is 45.6. The highest BCUT2D eigenvalue weighted by molar-refractivity contribution is 8.06. The lowest BCUT2D eigenvalue weighted by Crippen LogP contribution is -2.36. The number of pyridine rings is 1. The van der Waals surface area contributed by atoms with E-state index in [9.17, 15) is 13.2 Å². The van der Waals surface area contributed by atoms with Gasteiger partial charge in [-0.05, 0) is 44.3 Å². The summed E-state index contributed by atoms with van der Waals surface area (Å²) in [5.41, 5.74) is 1.48. The van der Waals surface area contributed by atoms with E-state index in [1.54, 1.807) is 11.9 Å². The lowest BCUT2D eigenvalue weighted by Gasteiger charge is -2.30. The molecule has 3 rings (SSSR count). The molecule has 8 heteroatoms. The smallest absolute Gasteiger partial charge is 0.417 e. The van der Waals surface area contributed by atoms with Crippen LogP contribution in [0.1, 0.15) is 31.9 Å². The van der Waals surface area contributed by atoms with Crippen LogP contribution in [-0.4, -0.2) is 34.5 Å². The summed E-state index contributed by atoms with van der Waals surface area (Å²) in [7, 11) is 0. The van der Waals surface area contributed by atoms with Gasteiger partial charge in [0, 0.05) is 30.0 Å². The van der Waals surface area contributed by atoms with Gasteiger partial charge in [0.1, 0.15) is 6.61 Å². The number of aromatic nitrogens is 1. The zero-order valence-corrected chi connectivity index (χ0v) is 17.4. The van der Waals surface area contributed by atoms with Crippen LogP contribution < -0.4 is 10.1 Å². The molecule has 0 saturated carbocycles. The van der Waals surface area contributed by atoms with Crippen LogP contribution in [0.4, 0.5) is 13.2 Å². The normalized spacial score (nSPS) is 15.7. The summed E-state index contributed by atoms with van der Waals surface area (Å²) >= 11 is 1.73. The lowest BCUT2D eigenvalue weighted by atomic mass is 10.1. The molecule has 2 heterocycles. The van der Waals surface area contributed by atoms with E-state index in [2.05, 4.69) is 47.5 Å². The van der Waals surface area contributed by atoms with Crippen LogP contribution in [0.25, 0.3) is 4.91 Å². The molecule has 1 aliphatic rings. The van der Waals surface area contributed by atoms with Crippen LogP contribution in [0.5, 0.6) is 5.88 Å². The molecule has 0 radical (unpaired) electrons. The predicted molar refractivity (Wildman–Crippen MR) is 110 cm³/mol. The third-order valence-electron chi connectivity index (χ3n) is 4.32. The zero-order valence-electron chi connectivity index (χ0n) is 16.6. The second-order valence-corrected chi connectivity index (χ2v) is 8.66. The van der Waals surface area contributed by atoms with E-state index in [0.717, 1.165) is 30.1 Å². The molecule has 4 nitrogen and oxygen atoms in total. The number of rotatable bonds is 6. The Labute approximate surface area is 173 Å². The molecule has 0 atom stereocenters. The number of benzene rings is 1. The fourth-order valence-corrected chi connectivity index (χ4v) is 3.91. The van der Waals surface area contributed by atoms with Gasteiger partial charge in [-0.1, -0.05) is 30.3 Å². The summed E-state index contributed by atoms with van der Waals surface area (Å²) in [5, 5.41) is 3.42. The first-order chi connectivity index (χ1) is 13.6. The molecular formula is C21H24F3N3OS. The third-order valence-corrected chi connectivity index (χ3v) is 5.88. The monoisotopic (exact) mass is 423 g/mol. The van der Waals surface area contributed by atoms with Crippen molar-refractivity contribution < 1.29 is 17.9 Å². The van der Waals surface area contributed by atoms with Crippen molar-refractivity contribution in [3.05, 3.63) is 65.5 Å². The van der Waals surface area contributed by atoms with E-state index in [0.29, 0.717) is 13.2 Å². The predicted octanol–water partition coefficient (Wildman–Crippen LogP) is 5.20. The molecule has 0 spiro atoms. The second-order valence-electron chi connectivity index (χ2n) is 7.63. The van der Waals surface area contributed by atoms with E-state index in [-0.39, 0.29) is 11.4 Å². The van der Waals surface area contributed by atoms with Gasteiger partial charge in [0.15, 0.2) is 0 Å². The van der Waals surface area contributed by atoms with Crippen LogP contribution >= 0.6 is 11.9 Å². The first kappa shape index (κ1) is 21.5. The Balaban J connectivity index is 1.60. The Morgan fingerprint density at radius 3 is 2.41 bits per heavy atom. The third kappa shape index (κ3) is 5.67. The van der Waals surface area contributed by atoms with Crippen molar-refractivity contribution in [2.75, 3.05) is 19.7 Å². The van der Waals surface area contributed by atoms with Crippen molar-refractivity contribution in [1.29, 1.82) is 0 Å². The van der Waals surface area contributed by atoms with Crippen LogP contribution in [0, 0.1) is 0 Å². The van der Waals surface area contributed by atoms with Crippen LogP contribution in [-0.2, 0) is 6.18 Å². The number of halogens is 3. The molecule has 0 aliphatic carbocycles. The summed E-state index contributed by atoms with van der Waals surface area (Å²) in [6.07, 6.45) is -3.61. The average molecular weight is 424 g/mol. The van der Waals surface area contributed by atoms with Crippen molar-refractivity contribution in [3.63, 3.8) is 0 Å². The molecule has 0 bridgehead atoms. The number of nitrogens with zero attached hydrogens (tertiary/aromatic N) is 2. The van der Waals surface area contributed by atoms with Gasteiger partial charge in [-0.25, -0.2) is 9.29 Å². The van der Waals surface area contributed by atoms with Gasteiger partial charge in [-0.15, -0.1) is 0 Å². The summed E-state index contributed by atoms with van der Waals surface area (Å²) in [5.74, 6) is 0.175. The Morgan fingerprint density at radius 1 is 1.10 bits per heavy atom. The molecule has 2 aromatic rings. The quantitative estimate of drug-likeness (QED) is 0.511. The highest BCUT2D eigenvalue weighted by Crippen LogP contribution is 2.42. The largest absolute Gasteiger partial charge is 0.476 e. The molecular weight excluding hydrogens is 399 g/mol. The summed E-state index contributed by atoms with van der Waals surface area (Å²) in [4.78, 5) is 4.90. The second kappa shape index (κ2) is 8.67. The standard InChI is InChI=1S/C21H24F3N3OS/c1-20(2,3)27-14-17(19(29-27)15-7-5-4-6-8-15)25-11-12-28-18-10-9-16(13-26-18)21(22,23)24/h4-10,13,25H,11-12,14H2,1-3H3. The van der Waals surface area contributed by atoms with E-state index < -0.39 is 11.7 Å². The Hall–Kier alpha value is -2.19. The SMILES string of the molecule is CC(C)(C)N1CC(NCCOc2ccc(C(F)(F)F)cn2)=C(c2ccccc2)S1. The van der Waals surface area contributed by atoms with E-state index in [1.807, 2.05) is 18.2 Å². The first-order valence-electron chi connectivity index (χ1n) is 9.29. The summed E-state index contributed by atoms with van der Waals surface area (Å²) in [6.45, 7) is 8.11. The number of nitrogens with one attached hydrogen (secondary N) is 1. The fourth-order valence-electron chi connectivity index (χ4n) is 2.73. The van der Waals surface area contributed by atoms with Crippen molar-refractivity contribution in [3.8, 4) is 5.88 Å². The zero-order chi connectivity index (χ0) is 21.1. The maximum atomic E-state index is 12.6. The van der Waals surface area contributed by atoms with Crippen LogP contribution in [0.2, 0.25) is 0 Å². The molecule has 1 aromatic carbocycles. The maximum absolute atomic E-state index is 12.6. The molecule has 1 aliphatic heterocycles. The molecule has 1 aromatic heterocycles. The van der Waals surface area contributed by atoms with Crippen molar-refractivity contribution in [2.24, 2.45) is 0 Å². The van der Waals surface area contributed by atoms with Crippen LogP contribution in [0.3, 0.4) is 0 Å². The van der Waals surface area contributed by atoms with Crippen molar-refractivity contribution >= 4 is 16.9 Å². The Bertz CT molecular complexity index is 846.